The van der Waals surface area contributed by atoms with Crippen molar-refractivity contribution in [2.75, 3.05) is 42.6 Å². The van der Waals surface area contributed by atoms with E-state index in [9.17, 15) is 10.1 Å². The molecule has 1 aliphatic heterocycles. The van der Waals surface area contributed by atoms with Crippen LogP contribution in [0.3, 0.4) is 0 Å². The smallest absolute Gasteiger partial charge is 0.341 e. The maximum absolute atomic E-state index is 12.7. The van der Waals surface area contributed by atoms with Crippen LogP contribution in [0.15, 0.2) is 30.5 Å². The Morgan fingerprint density at radius 2 is 1.90 bits per heavy atom. The van der Waals surface area contributed by atoms with Crippen LogP contribution < -0.4 is 9.80 Å². The number of piperazine rings is 1. The van der Waals surface area contributed by atoms with Crippen LogP contribution in [0.2, 0.25) is 0 Å². The number of hydrogen-bond donors (Lipinski definition) is 0. The van der Waals surface area contributed by atoms with Gasteiger partial charge in [0.25, 0.3) is 0 Å². The van der Waals surface area contributed by atoms with Crippen LogP contribution in [0.25, 0.3) is 11.0 Å². The highest BCUT2D eigenvalue weighted by atomic mass is 16.5. The van der Waals surface area contributed by atoms with Crippen molar-refractivity contribution in [3.05, 3.63) is 47.3 Å². The van der Waals surface area contributed by atoms with Crippen molar-refractivity contribution in [3.8, 4) is 6.07 Å². The number of ether oxygens (including phenoxy) is 1. The number of anilines is 2. The van der Waals surface area contributed by atoms with Gasteiger partial charge in [-0.2, -0.15) is 10.4 Å². The molecule has 3 aromatic rings. The van der Waals surface area contributed by atoms with Crippen molar-refractivity contribution < 1.29 is 9.53 Å². The number of nitrogens with zero attached hydrogens (tertiary/aromatic N) is 6. The molecule has 0 atom stereocenters. The van der Waals surface area contributed by atoms with Gasteiger partial charge in [0.1, 0.15) is 11.6 Å². The lowest BCUT2D eigenvalue weighted by Gasteiger charge is -2.38. The highest BCUT2D eigenvalue weighted by molar-refractivity contribution is 6.05. The molecule has 4 rings (SSSR count). The van der Waals surface area contributed by atoms with E-state index in [1.54, 1.807) is 17.8 Å². The van der Waals surface area contributed by atoms with Gasteiger partial charge in [0, 0.05) is 39.4 Å². The number of para-hydroxylation sites is 1. The summed E-state index contributed by atoms with van der Waals surface area (Å²) in [4.78, 5) is 21.6. The number of carbonyl (C=O) groups is 1. The van der Waals surface area contributed by atoms with E-state index < -0.39 is 0 Å². The van der Waals surface area contributed by atoms with Crippen molar-refractivity contribution in [1.82, 2.24) is 14.8 Å². The number of fused-ring (bicyclic) bond motifs is 1. The van der Waals surface area contributed by atoms with E-state index >= 15 is 0 Å². The zero-order valence-electron chi connectivity index (χ0n) is 17.4. The van der Waals surface area contributed by atoms with E-state index in [0.717, 1.165) is 41.2 Å². The molecule has 3 heterocycles. The molecule has 8 nitrogen and oxygen atoms in total. The normalized spacial score (nSPS) is 14.1. The number of carbonyl (C=O) groups excluding carboxylic acids is 1. The number of rotatable bonds is 4. The Labute approximate surface area is 175 Å². The van der Waals surface area contributed by atoms with Crippen LogP contribution in [0, 0.1) is 18.3 Å². The standard InChI is InChI=1S/C22H24N6O2/c1-4-30-22(29)17-14-24-21-19(15(2)25-26(21)3)20(17)28-11-9-27(10-12-28)18-8-6-5-7-16(18)13-23/h5-8,14H,4,9-12H2,1-3H3. The Morgan fingerprint density at radius 1 is 1.20 bits per heavy atom. The summed E-state index contributed by atoms with van der Waals surface area (Å²) >= 11 is 0. The molecule has 1 saturated heterocycles. The Bertz CT molecular complexity index is 1140. The Kier molecular flexibility index (Phi) is 5.27. The third kappa shape index (κ3) is 3.32. The van der Waals surface area contributed by atoms with Crippen molar-refractivity contribution in [2.45, 2.75) is 13.8 Å². The number of aromatic nitrogens is 3. The lowest BCUT2D eigenvalue weighted by atomic mass is 10.1. The molecule has 0 unspecified atom stereocenters. The first kappa shape index (κ1) is 19.7. The van der Waals surface area contributed by atoms with Gasteiger partial charge < -0.3 is 14.5 Å². The second-order valence-electron chi connectivity index (χ2n) is 7.25. The lowest BCUT2D eigenvalue weighted by Crippen LogP contribution is -2.47. The van der Waals surface area contributed by atoms with Gasteiger partial charge in [0.05, 0.1) is 34.6 Å². The van der Waals surface area contributed by atoms with Gasteiger partial charge in [0.15, 0.2) is 5.65 Å². The predicted octanol–water partition coefficient (Wildman–Crippen LogP) is 2.65. The Morgan fingerprint density at radius 3 is 2.60 bits per heavy atom. The molecule has 8 heteroatoms. The topological polar surface area (TPSA) is 87.3 Å². The second-order valence-corrected chi connectivity index (χ2v) is 7.25. The molecule has 2 aromatic heterocycles. The lowest BCUT2D eigenvalue weighted by molar-refractivity contribution is 0.0527. The van der Waals surface area contributed by atoms with Crippen LogP contribution >= 0.6 is 0 Å². The van der Waals surface area contributed by atoms with Crippen LogP contribution in [0.5, 0.6) is 0 Å². The molecule has 0 N–H and O–H groups in total. The maximum Gasteiger partial charge on any atom is 0.341 e. The minimum absolute atomic E-state index is 0.307. The zero-order valence-corrected chi connectivity index (χ0v) is 17.4. The molecule has 0 bridgehead atoms. The third-order valence-corrected chi connectivity index (χ3v) is 5.46. The molecule has 0 radical (unpaired) electrons. The second kappa shape index (κ2) is 8.03. The highest BCUT2D eigenvalue weighted by Gasteiger charge is 2.28. The molecule has 30 heavy (non-hydrogen) atoms. The summed E-state index contributed by atoms with van der Waals surface area (Å²) in [6.45, 7) is 6.93. The average Bonchev–Trinajstić information content (AvgIpc) is 3.07. The Hall–Kier alpha value is -3.60. The zero-order chi connectivity index (χ0) is 21.3. The first-order valence-electron chi connectivity index (χ1n) is 10.0. The number of nitriles is 1. The minimum Gasteiger partial charge on any atom is -0.462 e. The van der Waals surface area contributed by atoms with Gasteiger partial charge in [-0.25, -0.2) is 9.78 Å². The molecule has 154 valence electrons. The minimum atomic E-state index is -0.373. The fraction of sp³-hybridized carbons (Fsp3) is 0.364. The summed E-state index contributed by atoms with van der Waals surface area (Å²) in [7, 11) is 1.85. The van der Waals surface area contributed by atoms with Gasteiger partial charge in [-0.3, -0.25) is 4.68 Å². The van der Waals surface area contributed by atoms with E-state index in [0.29, 0.717) is 30.8 Å². The van der Waals surface area contributed by atoms with Crippen molar-refractivity contribution in [3.63, 3.8) is 0 Å². The van der Waals surface area contributed by atoms with Gasteiger partial charge in [-0.05, 0) is 26.0 Å². The molecule has 0 amide bonds. The van der Waals surface area contributed by atoms with Crippen LogP contribution in [0.4, 0.5) is 11.4 Å². The summed E-state index contributed by atoms with van der Waals surface area (Å²) in [5.41, 5.74) is 4.49. The SMILES string of the molecule is CCOC(=O)c1cnc2c(c(C)nn2C)c1N1CCN(c2ccccc2C#N)CC1. The monoisotopic (exact) mass is 404 g/mol. The van der Waals surface area contributed by atoms with E-state index in [1.807, 2.05) is 38.2 Å². The summed E-state index contributed by atoms with van der Waals surface area (Å²) in [6.07, 6.45) is 1.59. The molecule has 0 aliphatic carbocycles. The van der Waals surface area contributed by atoms with Crippen molar-refractivity contribution in [2.24, 2.45) is 7.05 Å². The summed E-state index contributed by atoms with van der Waals surface area (Å²) in [6, 6.07) is 9.92. The van der Waals surface area contributed by atoms with E-state index in [-0.39, 0.29) is 5.97 Å². The van der Waals surface area contributed by atoms with Crippen LogP contribution in [-0.2, 0) is 11.8 Å². The summed E-state index contributed by atoms with van der Waals surface area (Å²) in [5, 5.41) is 14.8. The number of esters is 1. The fourth-order valence-corrected chi connectivity index (χ4v) is 4.09. The fourth-order valence-electron chi connectivity index (χ4n) is 4.09. The van der Waals surface area contributed by atoms with E-state index in [1.165, 1.54) is 0 Å². The number of pyridine rings is 1. The van der Waals surface area contributed by atoms with Gasteiger partial charge >= 0.3 is 5.97 Å². The molecule has 0 saturated carbocycles. The maximum atomic E-state index is 12.7. The molecule has 1 aliphatic rings. The van der Waals surface area contributed by atoms with Crippen molar-refractivity contribution >= 4 is 28.4 Å². The molecular weight excluding hydrogens is 380 g/mol. The largest absolute Gasteiger partial charge is 0.462 e. The van der Waals surface area contributed by atoms with Crippen LogP contribution in [-0.4, -0.2) is 53.5 Å². The van der Waals surface area contributed by atoms with Gasteiger partial charge in [-0.15, -0.1) is 0 Å². The Balaban J connectivity index is 1.70. The first-order chi connectivity index (χ1) is 14.5. The highest BCUT2D eigenvalue weighted by Crippen LogP contribution is 2.33. The van der Waals surface area contributed by atoms with Crippen molar-refractivity contribution in [1.29, 1.82) is 5.26 Å². The molecular formula is C22H24N6O2. The van der Waals surface area contributed by atoms with E-state index in [4.69, 9.17) is 4.74 Å². The summed E-state index contributed by atoms with van der Waals surface area (Å²) in [5.74, 6) is -0.373. The quantitative estimate of drug-likeness (QED) is 0.618. The predicted molar refractivity (Wildman–Crippen MR) is 115 cm³/mol. The number of hydrogen-bond acceptors (Lipinski definition) is 7. The molecule has 1 fully saturated rings. The van der Waals surface area contributed by atoms with Gasteiger partial charge in [-0.1, -0.05) is 12.1 Å². The van der Waals surface area contributed by atoms with Gasteiger partial charge in [0.2, 0.25) is 0 Å². The molecule has 1 aromatic carbocycles. The average molecular weight is 404 g/mol. The van der Waals surface area contributed by atoms with E-state index in [2.05, 4.69) is 26.0 Å². The third-order valence-electron chi connectivity index (χ3n) is 5.46. The first-order valence-corrected chi connectivity index (χ1v) is 10.0. The number of benzene rings is 1. The van der Waals surface area contributed by atoms with Crippen LogP contribution in [0.1, 0.15) is 28.5 Å². The molecule has 0 spiro atoms. The summed E-state index contributed by atoms with van der Waals surface area (Å²) < 4.78 is 7.04. The number of aryl methyl sites for hydroxylation is 2.